The zero-order valence-corrected chi connectivity index (χ0v) is 14.9. The second-order valence-electron chi connectivity index (χ2n) is 6.70. The van der Waals surface area contributed by atoms with Crippen LogP contribution in [0.4, 0.5) is 0 Å². The summed E-state index contributed by atoms with van der Waals surface area (Å²) in [5.74, 6) is 0. The third-order valence-corrected chi connectivity index (χ3v) is 5.11. The van der Waals surface area contributed by atoms with E-state index in [1.165, 1.54) is 0 Å². The smallest absolute Gasteiger partial charge is 0.167 e. The van der Waals surface area contributed by atoms with E-state index in [1.807, 2.05) is 14.0 Å². The molecule has 0 aromatic rings. The number of hydrogen-bond acceptors (Lipinski definition) is 8. The van der Waals surface area contributed by atoms with Crippen molar-refractivity contribution in [2.45, 2.75) is 63.7 Å². The third-order valence-electron chi connectivity index (χ3n) is 5.11. The molecule has 0 aromatic carbocycles. The van der Waals surface area contributed by atoms with Gasteiger partial charge in [0.1, 0.15) is 12.6 Å². The molecule has 24 heavy (non-hydrogen) atoms. The van der Waals surface area contributed by atoms with Crippen molar-refractivity contribution in [3.63, 3.8) is 0 Å². The van der Waals surface area contributed by atoms with Crippen molar-refractivity contribution in [3.05, 3.63) is 0 Å². The van der Waals surface area contributed by atoms with Crippen LogP contribution in [0.3, 0.4) is 0 Å². The van der Waals surface area contributed by atoms with Crippen LogP contribution in [0, 0.1) is 0 Å². The van der Waals surface area contributed by atoms with Gasteiger partial charge in [0.25, 0.3) is 0 Å². The molecule has 3 rings (SSSR count). The molecule has 3 aliphatic rings. The van der Waals surface area contributed by atoms with Crippen molar-refractivity contribution >= 4 is 0 Å². The Morgan fingerprint density at radius 3 is 2.50 bits per heavy atom. The Bertz CT molecular complexity index is 362. The first-order valence-electron chi connectivity index (χ1n) is 9.29. The second-order valence-corrected chi connectivity index (χ2v) is 6.70. The Morgan fingerprint density at radius 2 is 1.83 bits per heavy atom. The Balaban J connectivity index is 1.53. The number of hydrogen-bond donors (Lipinski definition) is 4. The lowest BCUT2D eigenvalue weighted by molar-refractivity contribution is -0.0894. The summed E-state index contributed by atoms with van der Waals surface area (Å²) in [6.07, 6.45) is 4.92. The lowest BCUT2D eigenvalue weighted by Gasteiger charge is -2.45. The van der Waals surface area contributed by atoms with Gasteiger partial charge in [-0.25, -0.2) is 0 Å². The molecule has 2 heterocycles. The maximum absolute atomic E-state index is 5.78. The minimum atomic E-state index is -0.156. The Morgan fingerprint density at radius 1 is 1.08 bits per heavy atom. The van der Waals surface area contributed by atoms with E-state index in [2.05, 4.69) is 26.2 Å². The number of nitrogens with zero attached hydrogens (tertiary/aromatic N) is 1. The minimum Gasteiger partial charge on any atom is -0.381 e. The quantitative estimate of drug-likeness (QED) is 0.516. The summed E-state index contributed by atoms with van der Waals surface area (Å²) in [5.41, 5.74) is 0. The van der Waals surface area contributed by atoms with E-state index >= 15 is 0 Å². The van der Waals surface area contributed by atoms with Crippen LogP contribution in [0.15, 0.2) is 0 Å². The highest BCUT2D eigenvalue weighted by Gasteiger charge is 2.33. The summed E-state index contributed by atoms with van der Waals surface area (Å²) in [5, 5.41) is 14.2. The molecule has 4 N–H and O–H groups in total. The van der Waals surface area contributed by atoms with Crippen LogP contribution in [0.5, 0.6) is 0 Å². The van der Waals surface area contributed by atoms with E-state index in [0.29, 0.717) is 18.8 Å². The Labute approximate surface area is 144 Å². The van der Waals surface area contributed by atoms with Gasteiger partial charge >= 0.3 is 0 Å². The van der Waals surface area contributed by atoms with Gasteiger partial charge in [0.15, 0.2) is 6.35 Å². The first kappa shape index (κ1) is 18.5. The standard InChI is InChI=1S/C16H33N5O3/c1-3-24-16-19-14(17-12-4-6-13(22-2)7-5-12)18-15(20-16)21-8-10-23-11-9-21/h12-20H,3-11H2,1-2H3. The fourth-order valence-corrected chi connectivity index (χ4v) is 3.70. The molecule has 0 bridgehead atoms. The minimum absolute atomic E-state index is 0.0275. The predicted molar refractivity (Wildman–Crippen MR) is 91.0 cm³/mol. The van der Waals surface area contributed by atoms with E-state index in [-0.39, 0.29) is 18.9 Å². The highest BCUT2D eigenvalue weighted by atomic mass is 16.5. The third kappa shape index (κ3) is 5.09. The highest BCUT2D eigenvalue weighted by Crippen LogP contribution is 2.21. The largest absolute Gasteiger partial charge is 0.381 e. The molecule has 2 saturated heterocycles. The summed E-state index contributed by atoms with van der Waals surface area (Å²) in [6, 6.07) is 0.507. The van der Waals surface area contributed by atoms with Crippen molar-refractivity contribution < 1.29 is 14.2 Å². The molecule has 1 aliphatic carbocycles. The zero-order chi connectivity index (χ0) is 16.8. The summed E-state index contributed by atoms with van der Waals surface area (Å²) < 4.78 is 16.7. The summed E-state index contributed by atoms with van der Waals surface area (Å²) >= 11 is 0. The van der Waals surface area contributed by atoms with Crippen LogP contribution in [0.2, 0.25) is 0 Å². The average Bonchev–Trinajstić information content (AvgIpc) is 2.63. The van der Waals surface area contributed by atoms with Crippen molar-refractivity contribution in [2.75, 3.05) is 40.0 Å². The molecule has 3 fully saturated rings. The first-order chi connectivity index (χ1) is 11.8. The SMILES string of the molecule is CCOC1NC(NC2CCC(OC)CC2)NC(N2CCOCC2)N1. The molecule has 0 spiro atoms. The van der Waals surface area contributed by atoms with E-state index in [0.717, 1.165) is 52.0 Å². The molecule has 8 heteroatoms. The van der Waals surface area contributed by atoms with Gasteiger partial charge in [-0.3, -0.25) is 26.2 Å². The van der Waals surface area contributed by atoms with Gasteiger partial charge in [-0.2, -0.15) is 0 Å². The Kier molecular flexibility index (Phi) is 7.23. The highest BCUT2D eigenvalue weighted by molar-refractivity contribution is 4.84. The van der Waals surface area contributed by atoms with Crippen molar-refractivity contribution in [2.24, 2.45) is 0 Å². The molecule has 8 nitrogen and oxygen atoms in total. The topological polar surface area (TPSA) is 79.0 Å². The normalized spacial score (nSPS) is 39.0. The first-order valence-corrected chi connectivity index (χ1v) is 9.29. The number of methoxy groups -OCH3 is 1. The van der Waals surface area contributed by atoms with Crippen LogP contribution in [-0.4, -0.2) is 76.0 Å². The molecule has 140 valence electrons. The molecule has 3 atom stereocenters. The van der Waals surface area contributed by atoms with Crippen LogP contribution >= 0.6 is 0 Å². The van der Waals surface area contributed by atoms with E-state index in [4.69, 9.17) is 14.2 Å². The van der Waals surface area contributed by atoms with E-state index in [9.17, 15) is 0 Å². The maximum atomic E-state index is 5.78. The number of nitrogens with one attached hydrogen (secondary N) is 4. The molecule has 2 aliphatic heterocycles. The molecule has 1 saturated carbocycles. The molecule has 0 amide bonds. The average molecular weight is 343 g/mol. The van der Waals surface area contributed by atoms with Crippen LogP contribution in [0.1, 0.15) is 32.6 Å². The molecular weight excluding hydrogens is 310 g/mol. The zero-order valence-electron chi connectivity index (χ0n) is 14.9. The van der Waals surface area contributed by atoms with Gasteiger partial charge in [0.05, 0.1) is 19.3 Å². The lowest BCUT2D eigenvalue weighted by Crippen LogP contribution is -2.76. The monoisotopic (exact) mass is 343 g/mol. The molecule has 3 unspecified atom stereocenters. The lowest BCUT2D eigenvalue weighted by atomic mass is 9.93. The van der Waals surface area contributed by atoms with Crippen molar-refractivity contribution in [1.29, 1.82) is 0 Å². The van der Waals surface area contributed by atoms with Gasteiger partial charge in [0, 0.05) is 32.8 Å². The van der Waals surface area contributed by atoms with Gasteiger partial charge in [-0.1, -0.05) is 0 Å². The van der Waals surface area contributed by atoms with Gasteiger partial charge < -0.3 is 14.2 Å². The summed E-state index contributed by atoms with van der Waals surface area (Å²) in [4.78, 5) is 2.37. The van der Waals surface area contributed by atoms with E-state index < -0.39 is 0 Å². The van der Waals surface area contributed by atoms with Gasteiger partial charge in [-0.15, -0.1) is 0 Å². The number of rotatable bonds is 6. The Hall–Kier alpha value is -0.320. The maximum Gasteiger partial charge on any atom is 0.167 e. The van der Waals surface area contributed by atoms with Gasteiger partial charge in [-0.05, 0) is 32.6 Å². The predicted octanol–water partition coefficient (Wildman–Crippen LogP) is -0.464. The fourth-order valence-electron chi connectivity index (χ4n) is 3.70. The second kappa shape index (κ2) is 9.40. The summed E-state index contributed by atoms with van der Waals surface area (Å²) in [6.45, 7) is 6.11. The van der Waals surface area contributed by atoms with Crippen LogP contribution in [-0.2, 0) is 14.2 Å². The van der Waals surface area contributed by atoms with Crippen LogP contribution < -0.4 is 21.3 Å². The van der Waals surface area contributed by atoms with E-state index in [1.54, 1.807) is 0 Å². The molecule has 0 radical (unpaired) electrons. The van der Waals surface area contributed by atoms with Crippen molar-refractivity contribution in [3.8, 4) is 0 Å². The molecule has 0 aromatic heterocycles. The van der Waals surface area contributed by atoms with Gasteiger partial charge in [0.2, 0.25) is 0 Å². The fraction of sp³-hybridized carbons (Fsp3) is 1.00. The number of morpholine rings is 1. The number of ether oxygens (including phenoxy) is 3. The molecular formula is C16H33N5O3. The van der Waals surface area contributed by atoms with Crippen LogP contribution in [0.25, 0.3) is 0 Å². The van der Waals surface area contributed by atoms with Crippen molar-refractivity contribution in [1.82, 2.24) is 26.2 Å². The summed E-state index contributed by atoms with van der Waals surface area (Å²) in [7, 11) is 1.81.